The van der Waals surface area contributed by atoms with Crippen LogP contribution in [0.5, 0.6) is 0 Å². The number of amides is 1. The van der Waals surface area contributed by atoms with E-state index in [-0.39, 0.29) is 11.9 Å². The van der Waals surface area contributed by atoms with E-state index in [1.54, 1.807) is 4.68 Å². The van der Waals surface area contributed by atoms with E-state index in [0.717, 1.165) is 30.8 Å². The molecule has 0 saturated carbocycles. The molecule has 0 spiro atoms. The second-order valence-electron chi connectivity index (χ2n) is 5.57. The average molecular weight is 284 g/mol. The molecule has 1 aliphatic rings. The van der Waals surface area contributed by atoms with Crippen molar-refractivity contribution in [2.24, 2.45) is 5.73 Å². The molecule has 1 aromatic heterocycles. The largest absolute Gasteiger partial charge is 0.336 e. The van der Waals surface area contributed by atoms with Crippen LogP contribution in [0.15, 0.2) is 36.4 Å². The summed E-state index contributed by atoms with van der Waals surface area (Å²) in [4.78, 5) is 14.3. The molecular formula is C16H20N4O. The number of rotatable bonds is 2. The van der Waals surface area contributed by atoms with Crippen molar-refractivity contribution in [3.05, 3.63) is 47.8 Å². The molecule has 1 aromatic carbocycles. The summed E-state index contributed by atoms with van der Waals surface area (Å²) < 4.78 is 1.80. The van der Waals surface area contributed by atoms with Crippen molar-refractivity contribution >= 4 is 5.91 Å². The highest BCUT2D eigenvalue weighted by atomic mass is 16.2. The maximum atomic E-state index is 12.5. The van der Waals surface area contributed by atoms with Crippen LogP contribution < -0.4 is 5.73 Å². The third-order valence-electron chi connectivity index (χ3n) is 3.85. The first-order valence-electron chi connectivity index (χ1n) is 7.32. The molecule has 0 bridgehead atoms. The summed E-state index contributed by atoms with van der Waals surface area (Å²) in [6.07, 6.45) is 1.95. The lowest BCUT2D eigenvalue weighted by Crippen LogP contribution is -2.45. The van der Waals surface area contributed by atoms with Gasteiger partial charge in [0.25, 0.3) is 5.91 Å². The number of piperidine rings is 1. The first-order valence-corrected chi connectivity index (χ1v) is 7.32. The molecule has 2 heterocycles. The van der Waals surface area contributed by atoms with Crippen LogP contribution in [0.1, 0.15) is 29.0 Å². The number of benzene rings is 1. The Bertz CT molecular complexity index is 635. The van der Waals surface area contributed by atoms with Gasteiger partial charge in [-0.1, -0.05) is 18.2 Å². The normalized spacial score (nSPS) is 18.8. The smallest absolute Gasteiger partial charge is 0.274 e. The number of hydrogen-bond acceptors (Lipinski definition) is 3. The van der Waals surface area contributed by atoms with Crippen LogP contribution in [0.3, 0.4) is 0 Å². The number of nitrogens with zero attached hydrogens (tertiary/aromatic N) is 3. The van der Waals surface area contributed by atoms with Gasteiger partial charge in [-0.05, 0) is 38.0 Å². The van der Waals surface area contributed by atoms with Crippen LogP contribution in [0.25, 0.3) is 5.69 Å². The molecule has 1 amide bonds. The van der Waals surface area contributed by atoms with Crippen LogP contribution >= 0.6 is 0 Å². The van der Waals surface area contributed by atoms with E-state index in [9.17, 15) is 4.79 Å². The minimum atomic E-state index is -0.0251. The number of aromatic nitrogens is 2. The van der Waals surface area contributed by atoms with Crippen LogP contribution in [0.4, 0.5) is 0 Å². The number of carbonyl (C=O) groups excluding carboxylic acids is 1. The van der Waals surface area contributed by atoms with Gasteiger partial charge in [-0.2, -0.15) is 5.10 Å². The fourth-order valence-corrected chi connectivity index (χ4v) is 2.77. The highest BCUT2D eigenvalue weighted by Crippen LogP contribution is 2.15. The fraction of sp³-hybridized carbons (Fsp3) is 0.375. The first-order chi connectivity index (χ1) is 10.1. The van der Waals surface area contributed by atoms with Crippen molar-refractivity contribution in [1.29, 1.82) is 0 Å². The predicted octanol–water partition coefficient (Wildman–Crippen LogP) is 1.74. The molecule has 0 aliphatic carbocycles. The number of carbonyl (C=O) groups is 1. The van der Waals surface area contributed by atoms with Crippen molar-refractivity contribution in [2.75, 3.05) is 13.1 Å². The second-order valence-corrected chi connectivity index (χ2v) is 5.57. The zero-order chi connectivity index (χ0) is 14.8. The Hall–Kier alpha value is -2.14. The summed E-state index contributed by atoms with van der Waals surface area (Å²) in [6, 6.07) is 11.8. The van der Waals surface area contributed by atoms with E-state index in [1.165, 1.54) is 0 Å². The Labute approximate surface area is 124 Å². The van der Waals surface area contributed by atoms with Crippen molar-refractivity contribution in [2.45, 2.75) is 25.8 Å². The molecule has 1 atom stereocenters. The van der Waals surface area contributed by atoms with Crippen LogP contribution in [-0.2, 0) is 0 Å². The highest BCUT2D eigenvalue weighted by molar-refractivity contribution is 5.92. The Morgan fingerprint density at radius 3 is 2.81 bits per heavy atom. The second kappa shape index (κ2) is 5.69. The zero-order valence-corrected chi connectivity index (χ0v) is 12.2. The average Bonchev–Trinajstić information content (AvgIpc) is 2.89. The van der Waals surface area contributed by atoms with Gasteiger partial charge in [-0.15, -0.1) is 0 Å². The standard InChI is InChI=1S/C16H20N4O/c1-12-10-15(16(21)19-9-5-6-13(17)11-19)18-20(12)14-7-3-2-4-8-14/h2-4,7-8,10,13H,5-6,9,11,17H2,1H3. The number of hydrogen-bond donors (Lipinski definition) is 1. The Kier molecular flexibility index (Phi) is 3.75. The lowest BCUT2D eigenvalue weighted by molar-refractivity contribution is 0.0702. The SMILES string of the molecule is Cc1cc(C(=O)N2CCCC(N)C2)nn1-c1ccccc1. The van der Waals surface area contributed by atoms with Gasteiger partial charge in [-0.25, -0.2) is 4.68 Å². The van der Waals surface area contributed by atoms with Crippen LogP contribution in [0, 0.1) is 6.92 Å². The van der Waals surface area contributed by atoms with Crippen molar-refractivity contribution < 1.29 is 4.79 Å². The highest BCUT2D eigenvalue weighted by Gasteiger charge is 2.24. The quantitative estimate of drug-likeness (QED) is 0.913. The van der Waals surface area contributed by atoms with E-state index >= 15 is 0 Å². The molecule has 110 valence electrons. The Morgan fingerprint density at radius 1 is 1.33 bits per heavy atom. The topological polar surface area (TPSA) is 64.2 Å². The van der Waals surface area contributed by atoms with Gasteiger partial charge in [0.15, 0.2) is 5.69 Å². The molecule has 1 saturated heterocycles. The van der Waals surface area contributed by atoms with Crippen LogP contribution in [-0.4, -0.2) is 39.7 Å². The van der Waals surface area contributed by atoms with Gasteiger partial charge >= 0.3 is 0 Å². The summed E-state index contributed by atoms with van der Waals surface area (Å²) in [6.45, 7) is 3.35. The van der Waals surface area contributed by atoms with E-state index in [4.69, 9.17) is 5.73 Å². The predicted molar refractivity (Wildman–Crippen MR) is 81.4 cm³/mol. The molecule has 3 rings (SSSR count). The molecule has 2 N–H and O–H groups in total. The minimum Gasteiger partial charge on any atom is -0.336 e. The lowest BCUT2D eigenvalue weighted by Gasteiger charge is -2.30. The van der Waals surface area contributed by atoms with Gasteiger partial charge in [0.1, 0.15) is 0 Å². The van der Waals surface area contributed by atoms with E-state index < -0.39 is 0 Å². The number of aryl methyl sites for hydroxylation is 1. The number of likely N-dealkylation sites (tertiary alicyclic amines) is 1. The molecule has 5 heteroatoms. The molecule has 2 aromatic rings. The minimum absolute atomic E-state index is 0.0251. The Balaban J connectivity index is 1.85. The molecule has 1 unspecified atom stereocenters. The zero-order valence-electron chi connectivity index (χ0n) is 12.2. The molecule has 0 radical (unpaired) electrons. The van der Waals surface area contributed by atoms with E-state index in [2.05, 4.69) is 5.10 Å². The third-order valence-corrected chi connectivity index (χ3v) is 3.85. The molecule has 5 nitrogen and oxygen atoms in total. The van der Waals surface area contributed by atoms with E-state index in [1.807, 2.05) is 48.2 Å². The first kappa shape index (κ1) is 13.8. The summed E-state index contributed by atoms with van der Waals surface area (Å²) in [5.41, 5.74) is 8.35. The molecular weight excluding hydrogens is 264 g/mol. The van der Waals surface area contributed by atoms with Crippen molar-refractivity contribution in [3.63, 3.8) is 0 Å². The van der Waals surface area contributed by atoms with Crippen molar-refractivity contribution in [3.8, 4) is 5.69 Å². The maximum absolute atomic E-state index is 12.5. The summed E-state index contributed by atoms with van der Waals surface area (Å²) in [5.74, 6) is -0.0251. The maximum Gasteiger partial charge on any atom is 0.274 e. The monoisotopic (exact) mass is 284 g/mol. The van der Waals surface area contributed by atoms with Gasteiger partial charge in [-0.3, -0.25) is 4.79 Å². The number of para-hydroxylation sites is 1. The van der Waals surface area contributed by atoms with Gasteiger partial charge in [0.2, 0.25) is 0 Å². The van der Waals surface area contributed by atoms with Gasteiger partial charge in [0, 0.05) is 24.8 Å². The fourth-order valence-electron chi connectivity index (χ4n) is 2.77. The molecule has 1 aliphatic heterocycles. The third kappa shape index (κ3) is 2.83. The van der Waals surface area contributed by atoms with Crippen LogP contribution in [0.2, 0.25) is 0 Å². The van der Waals surface area contributed by atoms with E-state index in [0.29, 0.717) is 12.2 Å². The Morgan fingerprint density at radius 2 is 2.10 bits per heavy atom. The summed E-state index contributed by atoms with van der Waals surface area (Å²) >= 11 is 0. The number of nitrogens with two attached hydrogens (primary N) is 1. The summed E-state index contributed by atoms with van der Waals surface area (Å²) in [5, 5.41) is 4.46. The van der Waals surface area contributed by atoms with Crippen molar-refractivity contribution in [1.82, 2.24) is 14.7 Å². The van der Waals surface area contributed by atoms with Gasteiger partial charge < -0.3 is 10.6 Å². The molecule has 21 heavy (non-hydrogen) atoms. The summed E-state index contributed by atoms with van der Waals surface area (Å²) in [7, 11) is 0. The van der Waals surface area contributed by atoms with Gasteiger partial charge in [0.05, 0.1) is 5.69 Å². The lowest BCUT2D eigenvalue weighted by atomic mass is 10.1. The molecule has 1 fully saturated rings.